The van der Waals surface area contributed by atoms with Crippen LogP contribution in [-0.4, -0.2) is 37.1 Å². The molecule has 1 heterocycles. The minimum atomic E-state index is -0.138. The number of para-hydroxylation sites is 2. The molecule has 0 fully saturated rings. The molecule has 0 saturated heterocycles. The van der Waals surface area contributed by atoms with Crippen LogP contribution >= 0.6 is 0 Å². The van der Waals surface area contributed by atoms with Gasteiger partial charge >= 0.3 is 0 Å². The van der Waals surface area contributed by atoms with Crippen molar-refractivity contribution in [2.24, 2.45) is 0 Å². The van der Waals surface area contributed by atoms with Gasteiger partial charge in [-0.2, -0.15) is 0 Å². The summed E-state index contributed by atoms with van der Waals surface area (Å²) in [5.74, 6) is 1.83. The van der Waals surface area contributed by atoms with E-state index in [0.717, 1.165) is 11.5 Å². The van der Waals surface area contributed by atoms with Crippen molar-refractivity contribution in [3.05, 3.63) is 60.2 Å². The average molecular weight is 325 g/mol. The fourth-order valence-corrected chi connectivity index (χ4v) is 2.88. The summed E-state index contributed by atoms with van der Waals surface area (Å²) in [6.07, 6.45) is 0.353. The molecule has 1 aliphatic rings. The molecule has 2 aromatic rings. The number of carbonyl (C=O) groups excluding carboxylic acids is 1. The predicted molar refractivity (Wildman–Crippen MR) is 93.5 cm³/mol. The van der Waals surface area contributed by atoms with E-state index in [1.165, 1.54) is 5.56 Å². The molecule has 0 aliphatic carbocycles. The highest BCUT2D eigenvalue weighted by atomic mass is 16.6. The molecule has 0 unspecified atom stereocenters. The Bertz CT molecular complexity index is 686. The van der Waals surface area contributed by atoms with Crippen molar-refractivity contribution in [1.29, 1.82) is 0 Å². The molecule has 4 heteroatoms. The Balaban J connectivity index is 1.53. The third-order valence-electron chi connectivity index (χ3n) is 4.32. The summed E-state index contributed by atoms with van der Waals surface area (Å²) in [6, 6.07) is 17.7. The van der Waals surface area contributed by atoms with E-state index in [2.05, 4.69) is 19.1 Å². The second-order valence-electron chi connectivity index (χ2n) is 6.29. The van der Waals surface area contributed by atoms with Crippen LogP contribution in [0, 0.1) is 0 Å². The first kappa shape index (κ1) is 16.4. The molecule has 126 valence electrons. The van der Waals surface area contributed by atoms with E-state index in [9.17, 15) is 4.79 Å². The third kappa shape index (κ3) is 3.88. The highest BCUT2D eigenvalue weighted by Crippen LogP contribution is 2.31. The molecule has 24 heavy (non-hydrogen) atoms. The minimum absolute atomic E-state index is 0.119. The van der Waals surface area contributed by atoms with Gasteiger partial charge in [0.25, 0.3) is 0 Å². The smallest absolute Gasteiger partial charge is 0.223 e. The zero-order valence-electron chi connectivity index (χ0n) is 14.1. The van der Waals surface area contributed by atoms with Crippen LogP contribution in [0.3, 0.4) is 0 Å². The van der Waals surface area contributed by atoms with Crippen LogP contribution in [-0.2, 0) is 4.79 Å². The van der Waals surface area contributed by atoms with E-state index in [4.69, 9.17) is 9.47 Å². The summed E-state index contributed by atoms with van der Waals surface area (Å²) in [5, 5.41) is 0. The molecule has 1 aliphatic heterocycles. The molecule has 3 rings (SSSR count). The molecular weight excluding hydrogens is 302 g/mol. The maximum absolute atomic E-state index is 12.5. The van der Waals surface area contributed by atoms with Crippen LogP contribution in [0.25, 0.3) is 0 Å². The van der Waals surface area contributed by atoms with Crippen molar-refractivity contribution in [2.45, 2.75) is 25.4 Å². The van der Waals surface area contributed by atoms with Gasteiger partial charge in [0.2, 0.25) is 5.91 Å². The van der Waals surface area contributed by atoms with Gasteiger partial charge in [0.15, 0.2) is 17.6 Å². The molecule has 2 atom stereocenters. The average Bonchev–Trinajstić information content (AvgIpc) is 2.62. The number of fused-ring (bicyclic) bond motifs is 1. The van der Waals surface area contributed by atoms with Gasteiger partial charge < -0.3 is 14.4 Å². The number of nitrogens with zero attached hydrogens (tertiary/aromatic N) is 1. The van der Waals surface area contributed by atoms with E-state index >= 15 is 0 Å². The molecule has 0 saturated carbocycles. The monoisotopic (exact) mass is 325 g/mol. The van der Waals surface area contributed by atoms with E-state index in [0.29, 0.717) is 19.6 Å². The van der Waals surface area contributed by atoms with Crippen molar-refractivity contribution in [2.75, 3.05) is 20.2 Å². The number of ether oxygens (including phenoxy) is 2. The highest BCUT2D eigenvalue weighted by molar-refractivity contribution is 5.76. The zero-order chi connectivity index (χ0) is 16.9. The van der Waals surface area contributed by atoms with Crippen LogP contribution in [0.5, 0.6) is 11.5 Å². The van der Waals surface area contributed by atoms with Crippen molar-refractivity contribution in [1.82, 2.24) is 4.90 Å². The Morgan fingerprint density at radius 3 is 2.54 bits per heavy atom. The SMILES string of the molecule is C[C@H](CC(=O)N(C)C[C@H]1COc2ccccc2O1)c1ccccc1. The van der Waals surface area contributed by atoms with Crippen LogP contribution in [0.15, 0.2) is 54.6 Å². The summed E-state index contributed by atoms with van der Waals surface area (Å²) >= 11 is 0. The summed E-state index contributed by atoms with van der Waals surface area (Å²) in [5.41, 5.74) is 1.19. The second kappa shape index (κ2) is 7.39. The van der Waals surface area contributed by atoms with Gasteiger partial charge in [0.1, 0.15) is 6.61 Å². The Kier molecular flexibility index (Phi) is 5.04. The molecule has 0 N–H and O–H groups in total. The summed E-state index contributed by atoms with van der Waals surface area (Å²) in [7, 11) is 1.82. The fraction of sp³-hybridized carbons (Fsp3) is 0.350. The van der Waals surface area contributed by atoms with Gasteiger partial charge in [-0.15, -0.1) is 0 Å². The first-order chi connectivity index (χ1) is 11.6. The first-order valence-electron chi connectivity index (χ1n) is 8.31. The first-order valence-corrected chi connectivity index (χ1v) is 8.31. The van der Waals surface area contributed by atoms with Gasteiger partial charge in [-0.1, -0.05) is 49.4 Å². The number of carbonyl (C=O) groups is 1. The zero-order valence-corrected chi connectivity index (χ0v) is 14.1. The Labute approximate surface area is 143 Å². The van der Waals surface area contributed by atoms with Crippen molar-refractivity contribution < 1.29 is 14.3 Å². The Hall–Kier alpha value is -2.49. The maximum Gasteiger partial charge on any atom is 0.223 e. The number of hydrogen-bond acceptors (Lipinski definition) is 3. The van der Waals surface area contributed by atoms with Crippen LogP contribution in [0.2, 0.25) is 0 Å². The van der Waals surface area contributed by atoms with Crippen molar-refractivity contribution >= 4 is 5.91 Å². The molecule has 0 spiro atoms. The standard InChI is InChI=1S/C20H23NO3/c1-15(16-8-4-3-5-9-16)12-20(22)21(2)13-17-14-23-18-10-6-7-11-19(18)24-17/h3-11,15,17H,12-14H2,1-2H3/t15-,17+/m1/s1. The number of benzene rings is 2. The minimum Gasteiger partial charge on any atom is -0.486 e. The summed E-state index contributed by atoms with van der Waals surface area (Å²) in [4.78, 5) is 14.2. The van der Waals surface area contributed by atoms with Crippen molar-refractivity contribution in [3.63, 3.8) is 0 Å². The lowest BCUT2D eigenvalue weighted by molar-refractivity contribution is -0.131. The van der Waals surface area contributed by atoms with Crippen LogP contribution in [0.4, 0.5) is 0 Å². The quantitative estimate of drug-likeness (QED) is 0.845. The van der Waals surface area contributed by atoms with Gasteiger partial charge in [-0.3, -0.25) is 4.79 Å². The second-order valence-corrected chi connectivity index (χ2v) is 6.29. The molecule has 4 nitrogen and oxygen atoms in total. The molecule has 0 radical (unpaired) electrons. The normalized spacial score (nSPS) is 17.2. The number of amides is 1. The highest BCUT2D eigenvalue weighted by Gasteiger charge is 2.24. The predicted octanol–water partition coefficient (Wildman–Crippen LogP) is 3.48. The molecule has 1 amide bonds. The number of rotatable bonds is 5. The third-order valence-corrected chi connectivity index (χ3v) is 4.32. The largest absolute Gasteiger partial charge is 0.486 e. The molecule has 0 aromatic heterocycles. The Morgan fingerprint density at radius 1 is 1.12 bits per heavy atom. The van der Waals surface area contributed by atoms with E-state index in [1.54, 1.807) is 4.90 Å². The topological polar surface area (TPSA) is 38.8 Å². The summed E-state index contributed by atoms with van der Waals surface area (Å²) < 4.78 is 11.6. The van der Waals surface area contributed by atoms with Gasteiger partial charge in [-0.05, 0) is 23.6 Å². The lowest BCUT2D eigenvalue weighted by atomic mass is 9.97. The lowest BCUT2D eigenvalue weighted by Gasteiger charge is -2.30. The summed E-state index contributed by atoms with van der Waals surface area (Å²) in [6.45, 7) is 3.06. The van der Waals surface area contributed by atoms with Crippen LogP contribution in [0.1, 0.15) is 24.8 Å². The fourth-order valence-electron chi connectivity index (χ4n) is 2.88. The van der Waals surface area contributed by atoms with E-state index in [-0.39, 0.29) is 17.9 Å². The van der Waals surface area contributed by atoms with Gasteiger partial charge in [-0.25, -0.2) is 0 Å². The molecular formula is C20H23NO3. The number of likely N-dealkylation sites (N-methyl/N-ethyl adjacent to an activating group) is 1. The molecule has 0 bridgehead atoms. The van der Waals surface area contributed by atoms with E-state index < -0.39 is 0 Å². The van der Waals surface area contributed by atoms with Gasteiger partial charge in [0.05, 0.1) is 6.54 Å². The van der Waals surface area contributed by atoms with E-state index in [1.807, 2.05) is 49.5 Å². The molecule has 2 aromatic carbocycles. The Morgan fingerprint density at radius 2 is 1.79 bits per heavy atom. The maximum atomic E-state index is 12.5. The number of hydrogen-bond donors (Lipinski definition) is 0. The van der Waals surface area contributed by atoms with Crippen molar-refractivity contribution in [3.8, 4) is 11.5 Å². The lowest BCUT2D eigenvalue weighted by Crippen LogP contribution is -2.42. The van der Waals surface area contributed by atoms with Gasteiger partial charge in [0, 0.05) is 13.5 Å². The van der Waals surface area contributed by atoms with Crippen LogP contribution < -0.4 is 9.47 Å².